The Kier molecular flexibility index (Phi) is 5.54. The lowest BCUT2D eigenvalue weighted by molar-refractivity contribution is -0.314. The number of ether oxygens (including phenoxy) is 4. The number of benzene rings is 1. The Morgan fingerprint density at radius 3 is 2.80 bits per heavy atom. The Hall–Kier alpha value is -2.55. The Bertz CT molecular complexity index is 696. The molecule has 2 aromatic rings. The predicted octanol–water partition coefficient (Wildman–Crippen LogP) is 2.04. The number of hydrogen-bond acceptors (Lipinski definition) is 8. The Morgan fingerprint density at radius 2 is 2.12 bits per heavy atom. The molecule has 0 aliphatic carbocycles. The van der Waals surface area contributed by atoms with Crippen molar-refractivity contribution in [3.63, 3.8) is 0 Å². The maximum Gasteiger partial charge on any atom is 0.280 e. The minimum atomic E-state index is -1.01. The van der Waals surface area contributed by atoms with Crippen molar-refractivity contribution in [2.75, 3.05) is 25.7 Å². The third-order valence-electron chi connectivity index (χ3n) is 3.53. The van der Waals surface area contributed by atoms with E-state index in [1.54, 1.807) is 25.3 Å². The van der Waals surface area contributed by atoms with E-state index in [0.717, 1.165) is 5.56 Å². The molecule has 132 valence electrons. The van der Waals surface area contributed by atoms with E-state index in [9.17, 15) is 0 Å². The molecule has 0 bridgehead atoms. The quantitative estimate of drug-likeness (QED) is 0.607. The molecular formula is C17H20N4O4. The van der Waals surface area contributed by atoms with E-state index in [2.05, 4.69) is 20.7 Å². The zero-order valence-corrected chi connectivity index (χ0v) is 14.1. The molecule has 1 aliphatic heterocycles. The smallest absolute Gasteiger partial charge is 0.280 e. The van der Waals surface area contributed by atoms with Gasteiger partial charge >= 0.3 is 0 Å². The van der Waals surface area contributed by atoms with E-state index in [1.807, 2.05) is 30.3 Å². The lowest BCUT2D eigenvalue weighted by Crippen LogP contribution is -2.30. The molecule has 1 saturated heterocycles. The van der Waals surface area contributed by atoms with Crippen LogP contribution >= 0.6 is 0 Å². The van der Waals surface area contributed by atoms with Crippen LogP contribution in [0.25, 0.3) is 0 Å². The largest absolute Gasteiger partial charge is 0.474 e. The molecule has 8 nitrogen and oxygen atoms in total. The van der Waals surface area contributed by atoms with E-state index in [4.69, 9.17) is 18.9 Å². The van der Waals surface area contributed by atoms with Gasteiger partial charge < -0.3 is 18.9 Å². The molecule has 1 aromatic heterocycles. The van der Waals surface area contributed by atoms with Crippen LogP contribution in [-0.2, 0) is 14.2 Å². The van der Waals surface area contributed by atoms with E-state index < -0.39 is 5.97 Å². The Labute approximate surface area is 145 Å². The Morgan fingerprint density at radius 1 is 1.28 bits per heavy atom. The van der Waals surface area contributed by atoms with Crippen molar-refractivity contribution in [1.82, 2.24) is 10.2 Å². The molecule has 3 rings (SSSR count). The standard InChI is InChI=1S/C17H20N4O4/c1-17(22-2)24-12-14(25-17)11-23-16-9-8-15(20-21-16)19-18-10-13-6-4-3-5-7-13/h3-10,14H,11-12H2,1-2H3,(H,19,20). The minimum absolute atomic E-state index is 0.222. The van der Waals surface area contributed by atoms with Crippen LogP contribution in [0.5, 0.6) is 5.88 Å². The monoisotopic (exact) mass is 344 g/mol. The summed E-state index contributed by atoms with van der Waals surface area (Å²) < 4.78 is 21.7. The summed E-state index contributed by atoms with van der Waals surface area (Å²) in [5.74, 6) is -0.0938. The number of hydrogen-bond donors (Lipinski definition) is 1. The maximum absolute atomic E-state index is 5.59. The van der Waals surface area contributed by atoms with Crippen molar-refractivity contribution in [1.29, 1.82) is 0 Å². The molecule has 2 atom stereocenters. The third kappa shape index (κ3) is 4.96. The number of methoxy groups -OCH3 is 1. The second kappa shape index (κ2) is 8.02. The SMILES string of the molecule is COC1(C)OCC(COc2ccc(NN=Cc3ccccc3)nn2)O1. The molecule has 8 heteroatoms. The predicted molar refractivity (Wildman–Crippen MR) is 91.4 cm³/mol. The first-order chi connectivity index (χ1) is 12.2. The summed E-state index contributed by atoms with van der Waals surface area (Å²) in [6, 6.07) is 13.2. The van der Waals surface area contributed by atoms with Crippen molar-refractivity contribution < 1.29 is 18.9 Å². The summed E-state index contributed by atoms with van der Waals surface area (Å²) in [5.41, 5.74) is 3.81. The van der Waals surface area contributed by atoms with Crippen LogP contribution in [-0.4, -0.2) is 48.8 Å². The van der Waals surface area contributed by atoms with Crippen molar-refractivity contribution in [3.05, 3.63) is 48.0 Å². The fourth-order valence-corrected chi connectivity index (χ4v) is 2.15. The summed E-state index contributed by atoms with van der Waals surface area (Å²) in [5, 5.41) is 12.1. The zero-order valence-electron chi connectivity index (χ0n) is 14.1. The van der Waals surface area contributed by atoms with Gasteiger partial charge in [-0.15, -0.1) is 10.2 Å². The number of rotatable bonds is 7. The number of nitrogens with one attached hydrogen (secondary N) is 1. The van der Waals surface area contributed by atoms with Gasteiger partial charge in [0.05, 0.1) is 12.8 Å². The molecule has 0 saturated carbocycles. The minimum Gasteiger partial charge on any atom is -0.474 e. The number of anilines is 1. The van der Waals surface area contributed by atoms with E-state index in [1.165, 1.54) is 7.11 Å². The van der Waals surface area contributed by atoms with Gasteiger partial charge in [0.25, 0.3) is 5.97 Å². The van der Waals surface area contributed by atoms with Gasteiger partial charge in [0, 0.05) is 20.1 Å². The van der Waals surface area contributed by atoms with Crippen molar-refractivity contribution in [2.45, 2.75) is 19.0 Å². The molecule has 1 aliphatic rings. The lowest BCUT2D eigenvalue weighted by Gasteiger charge is -2.20. The van der Waals surface area contributed by atoms with Crippen molar-refractivity contribution in [2.24, 2.45) is 5.10 Å². The average molecular weight is 344 g/mol. The lowest BCUT2D eigenvalue weighted by atomic mass is 10.2. The molecule has 2 heterocycles. The summed E-state index contributed by atoms with van der Waals surface area (Å²) in [6.45, 7) is 2.40. The molecule has 1 aromatic carbocycles. The van der Waals surface area contributed by atoms with Gasteiger partial charge in [0.2, 0.25) is 5.88 Å². The van der Waals surface area contributed by atoms with Crippen LogP contribution in [0.4, 0.5) is 5.82 Å². The van der Waals surface area contributed by atoms with Crippen molar-refractivity contribution >= 4 is 12.0 Å². The first-order valence-corrected chi connectivity index (χ1v) is 7.84. The normalized spacial score (nSPS) is 23.0. The molecular weight excluding hydrogens is 324 g/mol. The highest BCUT2D eigenvalue weighted by atomic mass is 16.9. The summed E-state index contributed by atoms with van der Waals surface area (Å²) >= 11 is 0. The molecule has 1 fully saturated rings. The summed E-state index contributed by atoms with van der Waals surface area (Å²) in [4.78, 5) is 0. The van der Waals surface area contributed by atoms with E-state index >= 15 is 0 Å². The highest BCUT2D eigenvalue weighted by molar-refractivity contribution is 5.79. The van der Waals surface area contributed by atoms with Crippen LogP contribution in [0, 0.1) is 0 Å². The van der Waals surface area contributed by atoms with Gasteiger partial charge in [-0.25, -0.2) is 0 Å². The molecule has 0 radical (unpaired) electrons. The molecule has 25 heavy (non-hydrogen) atoms. The van der Waals surface area contributed by atoms with Gasteiger partial charge in [0.1, 0.15) is 12.7 Å². The van der Waals surface area contributed by atoms with Crippen LogP contribution in [0.15, 0.2) is 47.6 Å². The van der Waals surface area contributed by atoms with E-state index in [-0.39, 0.29) is 6.10 Å². The molecule has 1 N–H and O–H groups in total. The third-order valence-corrected chi connectivity index (χ3v) is 3.53. The number of nitrogens with zero attached hydrogens (tertiary/aromatic N) is 3. The molecule has 0 spiro atoms. The molecule has 0 amide bonds. The van der Waals surface area contributed by atoms with Crippen LogP contribution < -0.4 is 10.2 Å². The second-order valence-corrected chi connectivity index (χ2v) is 5.47. The Balaban J connectivity index is 1.45. The topological polar surface area (TPSA) is 87.1 Å². The first kappa shape index (κ1) is 17.3. The fraction of sp³-hybridized carbons (Fsp3) is 0.353. The fourth-order valence-electron chi connectivity index (χ4n) is 2.15. The first-order valence-electron chi connectivity index (χ1n) is 7.84. The highest BCUT2D eigenvalue weighted by Crippen LogP contribution is 2.24. The number of hydrazone groups is 1. The van der Waals surface area contributed by atoms with Gasteiger partial charge in [-0.3, -0.25) is 5.43 Å². The van der Waals surface area contributed by atoms with E-state index in [0.29, 0.717) is 24.9 Å². The van der Waals surface area contributed by atoms with Crippen LogP contribution in [0.3, 0.4) is 0 Å². The van der Waals surface area contributed by atoms with Crippen LogP contribution in [0.2, 0.25) is 0 Å². The van der Waals surface area contributed by atoms with Gasteiger partial charge in [-0.1, -0.05) is 30.3 Å². The molecule has 2 unspecified atom stereocenters. The van der Waals surface area contributed by atoms with Gasteiger partial charge in [0.15, 0.2) is 5.82 Å². The van der Waals surface area contributed by atoms with Crippen LogP contribution in [0.1, 0.15) is 12.5 Å². The maximum atomic E-state index is 5.59. The second-order valence-electron chi connectivity index (χ2n) is 5.47. The van der Waals surface area contributed by atoms with Gasteiger partial charge in [-0.2, -0.15) is 5.10 Å². The summed E-state index contributed by atoms with van der Waals surface area (Å²) in [6.07, 6.45) is 1.48. The van der Waals surface area contributed by atoms with Gasteiger partial charge in [-0.05, 0) is 11.6 Å². The average Bonchev–Trinajstić information content (AvgIpc) is 3.04. The summed E-state index contributed by atoms with van der Waals surface area (Å²) in [7, 11) is 1.53. The number of aromatic nitrogens is 2. The zero-order chi connectivity index (χ0) is 17.5. The van der Waals surface area contributed by atoms with Crippen molar-refractivity contribution in [3.8, 4) is 5.88 Å². The highest BCUT2D eigenvalue weighted by Gasteiger charge is 2.37.